The zero-order valence-electron chi connectivity index (χ0n) is 11.2. The van der Waals surface area contributed by atoms with Crippen LogP contribution in [0.3, 0.4) is 0 Å². The molecular weight excluding hydrogens is 273 g/mol. The highest BCUT2D eigenvalue weighted by Crippen LogP contribution is 2.20. The van der Waals surface area contributed by atoms with Crippen molar-refractivity contribution in [3.05, 3.63) is 66.0 Å². The van der Waals surface area contributed by atoms with Gasteiger partial charge in [0.15, 0.2) is 0 Å². The third kappa shape index (κ3) is 4.10. The first-order chi connectivity index (χ1) is 9.66. The first-order valence-electron chi connectivity index (χ1n) is 6.38. The zero-order chi connectivity index (χ0) is 14.4. The summed E-state index contributed by atoms with van der Waals surface area (Å²) in [5.74, 6) is 0.184. The van der Waals surface area contributed by atoms with Gasteiger partial charge in [0.2, 0.25) is 5.91 Å². The highest BCUT2D eigenvalue weighted by Gasteiger charge is 2.14. The Hall–Kier alpha value is -1.81. The summed E-state index contributed by atoms with van der Waals surface area (Å²) in [6, 6.07) is 15.9. The summed E-state index contributed by atoms with van der Waals surface area (Å²) in [4.78, 5) is 12.0. The van der Waals surface area contributed by atoms with Gasteiger partial charge in [0, 0.05) is 11.4 Å². The second-order valence-corrected chi connectivity index (χ2v) is 5.73. The first kappa shape index (κ1) is 14.6. The van der Waals surface area contributed by atoms with Gasteiger partial charge in [-0.2, -0.15) is 0 Å². The van der Waals surface area contributed by atoms with Gasteiger partial charge >= 0.3 is 0 Å². The molecular formula is C16H16FNOS. The van der Waals surface area contributed by atoms with E-state index in [0.717, 1.165) is 5.69 Å². The molecule has 0 heterocycles. The van der Waals surface area contributed by atoms with Gasteiger partial charge in [-0.25, -0.2) is 4.39 Å². The lowest BCUT2D eigenvalue weighted by Gasteiger charge is -2.12. The van der Waals surface area contributed by atoms with Gasteiger partial charge in [-0.3, -0.25) is 4.79 Å². The van der Waals surface area contributed by atoms with E-state index >= 15 is 0 Å². The van der Waals surface area contributed by atoms with Crippen LogP contribution in [0, 0.1) is 5.82 Å². The van der Waals surface area contributed by atoms with Crippen molar-refractivity contribution in [3.63, 3.8) is 0 Å². The topological polar surface area (TPSA) is 29.1 Å². The Balaban J connectivity index is 1.87. The van der Waals surface area contributed by atoms with Crippen LogP contribution < -0.4 is 5.32 Å². The number of amides is 1. The number of carbonyl (C=O) groups is 1. The molecule has 1 amide bonds. The monoisotopic (exact) mass is 289 g/mol. The molecule has 2 aromatic carbocycles. The predicted octanol–water partition coefficient (Wildman–Crippen LogP) is 4.09. The fourth-order valence-corrected chi connectivity index (χ4v) is 2.55. The molecule has 0 bridgehead atoms. The standard InChI is InChI=1S/C16H16FNOS/c1-12(16(19)18-14-8-3-2-4-9-14)20-11-13-7-5-6-10-15(13)17/h2-10,12H,11H2,1H3,(H,18,19). The molecule has 0 fully saturated rings. The van der Waals surface area contributed by atoms with Gasteiger partial charge in [0.05, 0.1) is 5.25 Å². The Labute approximate surface area is 122 Å². The second-order valence-electron chi connectivity index (χ2n) is 4.40. The summed E-state index contributed by atoms with van der Waals surface area (Å²) in [6.07, 6.45) is 0. The normalized spacial score (nSPS) is 11.9. The molecule has 0 aliphatic heterocycles. The van der Waals surface area contributed by atoms with Crippen molar-refractivity contribution in [2.45, 2.75) is 17.9 Å². The van der Waals surface area contributed by atoms with Crippen LogP contribution >= 0.6 is 11.8 Å². The number of hydrogen-bond acceptors (Lipinski definition) is 2. The summed E-state index contributed by atoms with van der Waals surface area (Å²) >= 11 is 1.42. The van der Waals surface area contributed by atoms with Crippen molar-refractivity contribution in [2.24, 2.45) is 0 Å². The molecule has 0 radical (unpaired) electrons. The van der Waals surface area contributed by atoms with Crippen molar-refractivity contribution in [2.75, 3.05) is 5.32 Å². The highest BCUT2D eigenvalue weighted by molar-refractivity contribution is 7.99. The summed E-state index contributed by atoms with van der Waals surface area (Å²) in [5, 5.41) is 2.60. The molecule has 0 saturated heterocycles. The lowest BCUT2D eigenvalue weighted by molar-refractivity contribution is -0.115. The molecule has 0 aliphatic carbocycles. The van der Waals surface area contributed by atoms with Gasteiger partial charge in [0.25, 0.3) is 0 Å². The molecule has 0 spiro atoms. The third-order valence-electron chi connectivity index (χ3n) is 2.86. The van der Waals surface area contributed by atoms with Crippen LogP contribution in [-0.2, 0) is 10.5 Å². The number of hydrogen-bond donors (Lipinski definition) is 1. The fraction of sp³-hybridized carbons (Fsp3) is 0.188. The van der Waals surface area contributed by atoms with E-state index in [1.807, 2.05) is 37.3 Å². The van der Waals surface area contributed by atoms with E-state index in [2.05, 4.69) is 5.32 Å². The van der Waals surface area contributed by atoms with Crippen molar-refractivity contribution in [1.82, 2.24) is 0 Å². The number of anilines is 1. The minimum Gasteiger partial charge on any atom is -0.325 e. The van der Waals surface area contributed by atoms with E-state index < -0.39 is 0 Å². The molecule has 2 rings (SSSR count). The molecule has 2 nitrogen and oxygen atoms in total. The second kappa shape index (κ2) is 7.10. The number of carbonyl (C=O) groups excluding carboxylic acids is 1. The smallest absolute Gasteiger partial charge is 0.237 e. The number of nitrogens with one attached hydrogen (secondary N) is 1. The van der Waals surface area contributed by atoms with Gasteiger partial charge < -0.3 is 5.32 Å². The average molecular weight is 289 g/mol. The van der Waals surface area contributed by atoms with Crippen LogP contribution in [0.4, 0.5) is 10.1 Å². The maximum atomic E-state index is 13.5. The third-order valence-corrected chi connectivity index (χ3v) is 4.05. The highest BCUT2D eigenvalue weighted by atomic mass is 32.2. The molecule has 1 atom stereocenters. The van der Waals surface area contributed by atoms with E-state index in [0.29, 0.717) is 11.3 Å². The SMILES string of the molecule is CC(SCc1ccccc1F)C(=O)Nc1ccccc1. The lowest BCUT2D eigenvalue weighted by atomic mass is 10.2. The molecule has 0 aromatic heterocycles. The first-order valence-corrected chi connectivity index (χ1v) is 7.42. The van der Waals surface area contributed by atoms with Gasteiger partial charge in [-0.05, 0) is 30.7 Å². The van der Waals surface area contributed by atoms with Crippen LogP contribution in [-0.4, -0.2) is 11.2 Å². The van der Waals surface area contributed by atoms with E-state index in [1.165, 1.54) is 17.8 Å². The largest absolute Gasteiger partial charge is 0.325 e. The maximum Gasteiger partial charge on any atom is 0.237 e. The lowest BCUT2D eigenvalue weighted by Crippen LogP contribution is -2.22. The van der Waals surface area contributed by atoms with Gasteiger partial charge in [0.1, 0.15) is 5.82 Å². The van der Waals surface area contributed by atoms with Gasteiger partial charge in [-0.1, -0.05) is 36.4 Å². The van der Waals surface area contributed by atoms with Crippen molar-refractivity contribution < 1.29 is 9.18 Å². The minimum absolute atomic E-state index is 0.0717. The Morgan fingerprint density at radius 2 is 1.80 bits per heavy atom. The molecule has 4 heteroatoms. The van der Waals surface area contributed by atoms with Gasteiger partial charge in [-0.15, -0.1) is 11.8 Å². The number of rotatable bonds is 5. The number of halogens is 1. The molecule has 0 aliphatic rings. The maximum absolute atomic E-state index is 13.5. The van der Waals surface area contributed by atoms with Crippen LogP contribution in [0.25, 0.3) is 0 Å². The molecule has 20 heavy (non-hydrogen) atoms. The van der Waals surface area contributed by atoms with E-state index in [9.17, 15) is 9.18 Å². The quantitative estimate of drug-likeness (QED) is 0.898. The molecule has 1 N–H and O–H groups in total. The predicted molar refractivity (Wildman–Crippen MR) is 82.2 cm³/mol. The number of para-hydroxylation sites is 1. The average Bonchev–Trinajstić information content (AvgIpc) is 2.47. The molecule has 2 aromatic rings. The van der Waals surface area contributed by atoms with E-state index in [4.69, 9.17) is 0 Å². The number of benzene rings is 2. The number of thioether (sulfide) groups is 1. The summed E-state index contributed by atoms with van der Waals surface area (Å²) in [6.45, 7) is 1.82. The van der Waals surface area contributed by atoms with Crippen molar-refractivity contribution >= 4 is 23.4 Å². The summed E-state index contributed by atoms with van der Waals surface area (Å²) in [5.41, 5.74) is 1.40. The van der Waals surface area contributed by atoms with E-state index in [1.54, 1.807) is 18.2 Å². The van der Waals surface area contributed by atoms with Crippen molar-refractivity contribution in [3.8, 4) is 0 Å². The Morgan fingerprint density at radius 3 is 2.50 bits per heavy atom. The van der Waals surface area contributed by atoms with Crippen LogP contribution in [0.5, 0.6) is 0 Å². The summed E-state index contributed by atoms with van der Waals surface area (Å²) < 4.78 is 13.5. The summed E-state index contributed by atoms with van der Waals surface area (Å²) in [7, 11) is 0. The minimum atomic E-state index is -0.241. The van der Waals surface area contributed by atoms with Crippen LogP contribution in [0.2, 0.25) is 0 Å². The van der Waals surface area contributed by atoms with Crippen LogP contribution in [0.1, 0.15) is 12.5 Å². The fourth-order valence-electron chi connectivity index (χ4n) is 1.67. The Kier molecular flexibility index (Phi) is 5.18. The Bertz CT molecular complexity index is 574. The molecule has 0 saturated carbocycles. The van der Waals surface area contributed by atoms with Crippen LogP contribution in [0.15, 0.2) is 54.6 Å². The van der Waals surface area contributed by atoms with E-state index in [-0.39, 0.29) is 17.0 Å². The van der Waals surface area contributed by atoms with Crippen molar-refractivity contribution in [1.29, 1.82) is 0 Å². The Morgan fingerprint density at radius 1 is 1.15 bits per heavy atom. The molecule has 104 valence electrons. The molecule has 1 unspecified atom stereocenters. The zero-order valence-corrected chi connectivity index (χ0v) is 12.0.